The molecule has 0 spiro atoms. The van der Waals surface area contributed by atoms with E-state index in [0.717, 1.165) is 40.2 Å². The number of ether oxygens (including phenoxy) is 1. The molecule has 206 valence electrons. The Morgan fingerprint density at radius 3 is 2.50 bits per heavy atom. The highest BCUT2D eigenvalue weighted by atomic mass is 19.1. The summed E-state index contributed by atoms with van der Waals surface area (Å²) in [6.07, 6.45) is 2.04. The van der Waals surface area contributed by atoms with Gasteiger partial charge in [0.2, 0.25) is 11.8 Å². The second kappa shape index (κ2) is 11.6. The number of hydrogen-bond acceptors (Lipinski definition) is 5. The SMILES string of the molecule is O=C(Cc1ccc(-n2c(=O)c3ccccc3n(CC(=O)Nc3cc(F)ccc3F)c2=O)cc1)NCC1CCCO1. The maximum atomic E-state index is 14.0. The molecule has 1 saturated heterocycles. The van der Waals surface area contributed by atoms with Gasteiger partial charge in [0.15, 0.2) is 0 Å². The number of halogens is 2. The number of amides is 2. The van der Waals surface area contributed by atoms with E-state index < -0.39 is 35.3 Å². The molecule has 2 N–H and O–H groups in total. The molecule has 40 heavy (non-hydrogen) atoms. The lowest BCUT2D eigenvalue weighted by Gasteiger charge is -2.15. The number of hydrogen-bond donors (Lipinski definition) is 2. The molecule has 1 aromatic heterocycles. The molecule has 0 radical (unpaired) electrons. The van der Waals surface area contributed by atoms with Crippen LogP contribution in [0.5, 0.6) is 0 Å². The van der Waals surface area contributed by atoms with E-state index in [9.17, 15) is 28.0 Å². The van der Waals surface area contributed by atoms with Crippen LogP contribution in [0.4, 0.5) is 14.5 Å². The summed E-state index contributed by atoms with van der Waals surface area (Å²) in [4.78, 5) is 51.9. The summed E-state index contributed by atoms with van der Waals surface area (Å²) in [5.41, 5.74) is -0.612. The Bertz CT molecular complexity index is 1690. The Hall–Kier alpha value is -4.64. The third-order valence-electron chi connectivity index (χ3n) is 6.66. The smallest absolute Gasteiger partial charge is 0.336 e. The fourth-order valence-corrected chi connectivity index (χ4v) is 4.67. The highest BCUT2D eigenvalue weighted by Crippen LogP contribution is 2.16. The first kappa shape index (κ1) is 26.9. The minimum atomic E-state index is -0.836. The third-order valence-corrected chi connectivity index (χ3v) is 6.66. The van der Waals surface area contributed by atoms with Gasteiger partial charge in [0.25, 0.3) is 5.56 Å². The lowest BCUT2D eigenvalue weighted by molar-refractivity contribution is -0.121. The van der Waals surface area contributed by atoms with Crippen molar-refractivity contribution in [3.05, 3.63) is 105 Å². The van der Waals surface area contributed by atoms with Gasteiger partial charge in [-0.25, -0.2) is 18.1 Å². The van der Waals surface area contributed by atoms with E-state index in [2.05, 4.69) is 10.6 Å². The van der Waals surface area contributed by atoms with E-state index >= 15 is 0 Å². The molecule has 3 aromatic carbocycles. The second-order valence-corrected chi connectivity index (χ2v) is 9.48. The largest absolute Gasteiger partial charge is 0.376 e. The van der Waals surface area contributed by atoms with Gasteiger partial charge in [-0.2, -0.15) is 0 Å². The standard InChI is InChI=1S/C29H26F2N4O5/c30-19-9-12-23(31)24(15-19)33-27(37)17-34-25-6-2-1-5-22(25)28(38)35(29(34)39)20-10-7-18(8-11-20)14-26(36)32-16-21-4-3-13-40-21/h1-2,5-12,15,21H,3-4,13-14,16-17H2,(H,32,36)(H,33,37). The lowest BCUT2D eigenvalue weighted by Crippen LogP contribution is -2.40. The number of benzene rings is 3. The van der Waals surface area contributed by atoms with E-state index in [1.54, 1.807) is 36.4 Å². The maximum Gasteiger partial charge on any atom is 0.336 e. The number of nitrogens with one attached hydrogen (secondary N) is 2. The van der Waals surface area contributed by atoms with Gasteiger partial charge in [-0.05, 0) is 54.8 Å². The first-order valence-corrected chi connectivity index (χ1v) is 12.8. The van der Waals surface area contributed by atoms with E-state index in [1.165, 1.54) is 12.1 Å². The van der Waals surface area contributed by atoms with Crippen LogP contribution in [0.25, 0.3) is 16.6 Å². The molecule has 5 rings (SSSR count). The van der Waals surface area contributed by atoms with Gasteiger partial charge in [-0.3, -0.25) is 19.0 Å². The molecule has 1 aliphatic heterocycles. The minimum Gasteiger partial charge on any atom is -0.376 e. The Kier molecular flexibility index (Phi) is 7.83. The normalized spacial score (nSPS) is 14.8. The van der Waals surface area contributed by atoms with E-state index in [4.69, 9.17) is 4.74 Å². The molecule has 1 atom stereocenters. The number of nitrogens with zero attached hydrogens (tertiary/aromatic N) is 2. The molecular weight excluding hydrogens is 522 g/mol. The second-order valence-electron chi connectivity index (χ2n) is 9.48. The number of fused-ring (bicyclic) bond motifs is 1. The monoisotopic (exact) mass is 548 g/mol. The molecule has 1 aliphatic rings. The van der Waals surface area contributed by atoms with Crippen molar-refractivity contribution in [1.82, 2.24) is 14.5 Å². The fourth-order valence-electron chi connectivity index (χ4n) is 4.67. The van der Waals surface area contributed by atoms with Gasteiger partial charge >= 0.3 is 5.69 Å². The molecule has 0 aliphatic carbocycles. The van der Waals surface area contributed by atoms with Crippen LogP contribution in [0, 0.1) is 11.6 Å². The molecular formula is C29H26F2N4O5. The van der Waals surface area contributed by atoms with Crippen LogP contribution >= 0.6 is 0 Å². The van der Waals surface area contributed by atoms with Crippen molar-refractivity contribution in [3.63, 3.8) is 0 Å². The highest BCUT2D eigenvalue weighted by molar-refractivity contribution is 5.91. The average Bonchev–Trinajstić information content (AvgIpc) is 3.47. The van der Waals surface area contributed by atoms with Gasteiger partial charge in [0, 0.05) is 19.2 Å². The van der Waals surface area contributed by atoms with Gasteiger partial charge < -0.3 is 15.4 Å². The summed E-state index contributed by atoms with van der Waals surface area (Å²) in [5, 5.41) is 5.31. The molecule has 2 heterocycles. The summed E-state index contributed by atoms with van der Waals surface area (Å²) in [5.74, 6) is -2.53. The Morgan fingerprint density at radius 1 is 0.975 bits per heavy atom. The number of carbonyl (C=O) groups excluding carboxylic acids is 2. The quantitative estimate of drug-likeness (QED) is 0.352. The topological polar surface area (TPSA) is 111 Å². The van der Waals surface area contributed by atoms with Crippen molar-refractivity contribution in [2.24, 2.45) is 0 Å². The van der Waals surface area contributed by atoms with Crippen molar-refractivity contribution in [3.8, 4) is 5.69 Å². The molecule has 0 bridgehead atoms. The van der Waals surface area contributed by atoms with Gasteiger partial charge in [-0.1, -0.05) is 24.3 Å². The van der Waals surface area contributed by atoms with Crippen molar-refractivity contribution in [2.45, 2.75) is 31.9 Å². The zero-order chi connectivity index (χ0) is 28.2. The van der Waals surface area contributed by atoms with Gasteiger partial charge in [0.1, 0.15) is 18.2 Å². The van der Waals surface area contributed by atoms with E-state index in [0.29, 0.717) is 18.7 Å². The molecule has 4 aromatic rings. The Labute approximate surface area is 227 Å². The van der Waals surface area contributed by atoms with Crippen molar-refractivity contribution >= 4 is 28.4 Å². The molecule has 11 heteroatoms. The van der Waals surface area contributed by atoms with Gasteiger partial charge in [0.05, 0.1) is 34.8 Å². The van der Waals surface area contributed by atoms with Crippen LogP contribution in [0.2, 0.25) is 0 Å². The maximum absolute atomic E-state index is 14.0. The average molecular weight is 549 g/mol. The van der Waals surface area contributed by atoms with Crippen molar-refractivity contribution < 1.29 is 23.1 Å². The van der Waals surface area contributed by atoms with Crippen LogP contribution in [0.1, 0.15) is 18.4 Å². The van der Waals surface area contributed by atoms with E-state index in [-0.39, 0.29) is 40.7 Å². The van der Waals surface area contributed by atoms with Crippen LogP contribution in [-0.2, 0) is 27.3 Å². The predicted octanol–water partition coefficient (Wildman–Crippen LogP) is 2.91. The number of para-hydroxylation sites is 1. The minimum absolute atomic E-state index is 0.0308. The number of aromatic nitrogens is 2. The van der Waals surface area contributed by atoms with Crippen LogP contribution in [0.3, 0.4) is 0 Å². The first-order valence-electron chi connectivity index (χ1n) is 12.8. The van der Waals surface area contributed by atoms with Crippen LogP contribution < -0.4 is 21.9 Å². The first-order chi connectivity index (χ1) is 19.3. The number of carbonyl (C=O) groups is 2. The molecule has 0 saturated carbocycles. The molecule has 1 unspecified atom stereocenters. The Balaban J connectivity index is 1.41. The zero-order valence-corrected chi connectivity index (χ0v) is 21.4. The molecule has 9 nitrogen and oxygen atoms in total. The molecule has 1 fully saturated rings. The van der Waals surface area contributed by atoms with Crippen LogP contribution in [-0.4, -0.2) is 40.2 Å². The van der Waals surface area contributed by atoms with Crippen LogP contribution in [0.15, 0.2) is 76.3 Å². The molecule has 2 amide bonds. The van der Waals surface area contributed by atoms with Gasteiger partial charge in [-0.15, -0.1) is 0 Å². The predicted molar refractivity (Wildman–Crippen MR) is 144 cm³/mol. The van der Waals surface area contributed by atoms with Crippen molar-refractivity contribution in [1.29, 1.82) is 0 Å². The highest BCUT2D eigenvalue weighted by Gasteiger charge is 2.19. The number of anilines is 1. The summed E-state index contributed by atoms with van der Waals surface area (Å²) in [7, 11) is 0. The Morgan fingerprint density at radius 2 is 1.75 bits per heavy atom. The summed E-state index contributed by atoms with van der Waals surface area (Å²) < 4.78 is 35.1. The summed E-state index contributed by atoms with van der Waals surface area (Å²) in [6.45, 7) is 0.592. The summed E-state index contributed by atoms with van der Waals surface area (Å²) in [6, 6.07) is 15.3. The van der Waals surface area contributed by atoms with Crippen molar-refractivity contribution in [2.75, 3.05) is 18.5 Å². The van der Waals surface area contributed by atoms with E-state index in [1.807, 2.05) is 0 Å². The summed E-state index contributed by atoms with van der Waals surface area (Å²) >= 11 is 0. The zero-order valence-electron chi connectivity index (χ0n) is 21.4. The lowest BCUT2D eigenvalue weighted by atomic mass is 10.1. The fraction of sp³-hybridized carbons (Fsp3) is 0.241. The number of rotatable bonds is 8. The third kappa shape index (κ3) is 5.84.